The van der Waals surface area contributed by atoms with E-state index in [2.05, 4.69) is 10.3 Å². The van der Waals surface area contributed by atoms with Crippen LogP contribution >= 0.6 is 11.6 Å². The van der Waals surface area contributed by atoms with Crippen molar-refractivity contribution in [1.82, 2.24) is 14.7 Å². The molecule has 7 heteroatoms. The maximum absolute atomic E-state index is 10.9. The van der Waals surface area contributed by atoms with Gasteiger partial charge in [0, 0.05) is 31.7 Å². The summed E-state index contributed by atoms with van der Waals surface area (Å²) < 4.78 is 23.7. The highest BCUT2D eigenvalue weighted by molar-refractivity contribution is 7.90. The number of pyridine rings is 1. The topological polar surface area (TPSA) is 63.5 Å². The number of rotatable bonds is 5. The predicted molar refractivity (Wildman–Crippen MR) is 71.6 cm³/mol. The van der Waals surface area contributed by atoms with Crippen molar-refractivity contribution in [3.05, 3.63) is 35.2 Å². The van der Waals surface area contributed by atoms with Gasteiger partial charge >= 0.3 is 0 Å². The first-order valence-electron chi connectivity index (χ1n) is 5.46. The first kappa shape index (κ1) is 13.3. The van der Waals surface area contributed by atoms with Crippen LogP contribution < -0.4 is 5.32 Å². The third kappa shape index (κ3) is 3.69. The number of hydrogen-bond acceptors (Lipinski definition) is 4. The van der Waals surface area contributed by atoms with Gasteiger partial charge in [-0.05, 0) is 12.1 Å². The van der Waals surface area contributed by atoms with Crippen LogP contribution in [0.4, 0.5) is 0 Å². The number of aromatic nitrogens is 2. The quantitative estimate of drug-likeness (QED) is 0.837. The molecule has 0 aromatic carbocycles. The number of imidazole rings is 1. The SMILES string of the molecule is CS(=O)(=O)CCNCc1cn2cc(Cl)ccc2n1. The van der Waals surface area contributed by atoms with Crippen molar-refractivity contribution in [3.63, 3.8) is 0 Å². The number of nitrogens with zero attached hydrogens (tertiary/aromatic N) is 2. The van der Waals surface area contributed by atoms with Crippen LogP contribution in [-0.2, 0) is 16.4 Å². The lowest BCUT2D eigenvalue weighted by Gasteiger charge is -2.00. The maximum Gasteiger partial charge on any atom is 0.148 e. The largest absolute Gasteiger partial charge is 0.310 e. The smallest absolute Gasteiger partial charge is 0.148 e. The molecule has 0 spiro atoms. The molecule has 18 heavy (non-hydrogen) atoms. The summed E-state index contributed by atoms with van der Waals surface area (Å²) in [5.41, 5.74) is 1.67. The van der Waals surface area contributed by atoms with Crippen molar-refractivity contribution >= 4 is 27.1 Å². The van der Waals surface area contributed by atoms with E-state index >= 15 is 0 Å². The first-order chi connectivity index (χ1) is 8.44. The fourth-order valence-corrected chi connectivity index (χ4v) is 2.26. The summed E-state index contributed by atoms with van der Waals surface area (Å²) in [7, 11) is -2.91. The minimum atomic E-state index is -2.91. The van der Waals surface area contributed by atoms with Crippen LogP contribution in [0.25, 0.3) is 5.65 Å². The zero-order valence-corrected chi connectivity index (χ0v) is 11.5. The lowest BCUT2D eigenvalue weighted by Crippen LogP contribution is -2.22. The van der Waals surface area contributed by atoms with Crippen LogP contribution in [0.3, 0.4) is 0 Å². The van der Waals surface area contributed by atoms with E-state index in [9.17, 15) is 8.42 Å². The molecule has 5 nitrogen and oxygen atoms in total. The molecule has 0 radical (unpaired) electrons. The highest BCUT2D eigenvalue weighted by Gasteiger charge is 2.03. The van der Waals surface area contributed by atoms with Gasteiger partial charge in [0.05, 0.1) is 16.5 Å². The summed E-state index contributed by atoms with van der Waals surface area (Å²) in [5, 5.41) is 3.70. The Balaban J connectivity index is 1.96. The predicted octanol–water partition coefficient (Wildman–Crippen LogP) is 1.12. The van der Waals surface area contributed by atoms with Crippen molar-refractivity contribution in [2.45, 2.75) is 6.54 Å². The lowest BCUT2D eigenvalue weighted by molar-refractivity contribution is 0.596. The van der Waals surface area contributed by atoms with Crippen LogP contribution in [0.15, 0.2) is 24.5 Å². The van der Waals surface area contributed by atoms with Gasteiger partial charge in [-0.3, -0.25) is 0 Å². The molecular formula is C11H14ClN3O2S. The minimum Gasteiger partial charge on any atom is -0.310 e. The van der Waals surface area contributed by atoms with Gasteiger partial charge in [-0.1, -0.05) is 11.6 Å². The summed E-state index contributed by atoms with van der Waals surface area (Å²) in [6.07, 6.45) is 4.88. The Morgan fingerprint density at radius 3 is 2.89 bits per heavy atom. The number of halogens is 1. The van der Waals surface area contributed by atoms with E-state index < -0.39 is 9.84 Å². The second-order valence-electron chi connectivity index (χ2n) is 4.15. The molecule has 0 aliphatic carbocycles. The molecule has 0 aliphatic rings. The Morgan fingerprint density at radius 1 is 1.39 bits per heavy atom. The number of sulfone groups is 1. The summed E-state index contributed by atoms with van der Waals surface area (Å²) in [4.78, 5) is 4.38. The Hall–Kier alpha value is -1.11. The van der Waals surface area contributed by atoms with Crippen LogP contribution in [-0.4, -0.2) is 36.4 Å². The van der Waals surface area contributed by atoms with Crippen LogP contribution in [0, 0.1) is 0 Å². The molecule has 0 amide bonds. The number of nitrogens with one attached hydrogen (secondary N) is 1. The molecule has 2 rings (SSSR count). The van der Waals surface area contributed by atoms with Gasteiger partial charge in [-0.25, -0.2) is 13.4 Å². The molecule has 0 saturated carbocycles. The van der Waals surface area contributed by atoms with Gasteiger partial charge in [0.25, 0.3) is 0 Å². The maximum atomic E-state index is 10.9. The normalized spacial score (nSPS) is 12.1. The highest BCUT2D eigenvalue weighted by atomic mass is 35.5. The summed E-state index contributed by atoms with van der Waals surface area (Å²) in [6.45, 7) is 0.961. The molecule has 98 valence electrons. The van der Waals surface area contributed by atoms with E-state index in [1.54, 1.807) is 12.3 Å². The van der Waals surface area contributed by atoms with E-state index in [-0.39, 0.29) is 5.75 Å². The van der Waals surface area contributed by atoms with Gasteiger partial charge in [-0.15, -0.1) is 0 Å². The zero-order valence-electron chi connectivity index (χ0n) is 9.93. The first-order valence-corrected chi connectivity index (χ1v) is 7.89. The zero-order chi connectivity index (χ0) is 13.2. The molecule has 0 bridgehead atoms. The van der Waals surface area contributed by atoms with Crippen LogP contribution in [0.2, 0.25) is 5.02 Å². The lowest BCUT2D eigenvalue weighted by atomic mass is 10.5. The van der Waals surface area contributed by atoms with Crippen molar-refractivity contribution in [2.75, 3.05) is 18.6 Å². The molecule has 2 aromatic heterocycles. The van der Waals surface area contributed by atoms with E-state index in [1.165, 1.54) is 6.26 Å². The summed E-state index contributed by atoms with van der Waals surface area (Å²) >= 11 is 5.87. The molecule has 0 atom stereocenters. The molecule has 0 saturated heterocycles. The molecule has 0 unspecified atom stereocenters. The highest BCUT2D eigenvalue weighted by Crippen LogP contribution is 2.11. The van der Waals surface area contributed by atoms with Gasteiger partial charge in [0.2, 0.25) is 0 Å². The van der Waals surface area contributed by atoms with E-state index in [0.29, 0.717) is 18.1 Å². The van der Waals surface area contributed by atoms with Gasteiger partial charge < -0.3 is 9.72 Å². The molecular weight excluding hydrogens is 274 g/mol. The van der Waals surface area contributed by atoms with Crippen molar-refractivity contribution < 1.29 is 8.42 Å². The third-order valence-corrected chi connectivity index (χ3v) is 3.59. The van der Waals surface area contributed by atoms with Gasteiger partial charge in [0.1, 0.15) is 15.5 Å². The van der Waals surface area contributed by atoms with Gasteiger partial charge in [0.15, 0.2) is 0 Å². The summed E-state index contributed by atoms with van der Waals surface area (Å²) in [5.74, 6) is 0.131. The Kier molecular flexibility index (Phi) is 3.89. The number of fused-ring (bicyclic) bond motifs is 1. The molecule has 2 aromatic rings. The molecule has 2 heterocycles. The average Bonchev–Trinajstić information content (AvgIpc) is 2.65. The van der Waals surface area contributed by atoms with Crippen molar-refractivity contribution in [3.8, 4) is 0 Å². The van der Waals surface area contributed by atoms with Crippen molar-refractivity contribution in [2.24, 2.45) is 0 Å². The minimum absolute atomic E-state index is 0.131. The summed E-state index contributed by atoms with van der Waals surface area (Å²) in [6, 6.07) is 3.62. The second-order valence-corrected chi connectivity index (χ2v) is 6.85. The van der Waals surface area contributed by atoms with Gasteiger partial charge in [-0.2, -0.15) is 0 Å². The van der Waals surface area contributed by atoms with E-state index in [4.69, 9.17) is 11.6 Å². The van der Waals surface area contributed by atoms with Crippen LogP contribution in [0.5, 0.6) is 0 Å². The second kappa shape index (κ2) is 5.26. The standard InChI is InChI=1S/C11H14ClN3O2S/c1-18(16,17)5-4-13-6-10-8-15-7-9(12)2-3-11(15)14-10/h2-3,7-8,13H,4-6H2,1H3. The third-order valence-electron chi connectivity index (χ3n) is 2.42. The molecule has 1 N–H and O–H groups in total. The number of hydrogen-bond donors (Lipinski definition) is 1. The molecule has 0 fully saturated rings. The van der Waals surface area contributed by atoms with E-state index in [0.717, 1.165) is 11.3 Å². The molecule has 0 aliphatic heterocycles. The Labute approximate surface area is 111 Å². The average molecular weight is 288 g/mol. The fourth-order valence-electron chi connectivity index (χ4n) is 1.58. The van der Waals surface area contributed by atoms with Crippen molar-refractivity contribution in [1.29, 1.82) is 0 Å². The Bertz CT molecular complexity index is 651. The van der Waals surface area contributed by atoms with E-state index in [1.807, 2.05) is 16.7 Å². The fraction of sp³-hybridized carbons (Fsp3) is 0.364. The Morgan fingerprint density at radius 2 is 2.17 bits per heavy atom. The van der Waals surface area contributed by atoms with Crippen LogP contribution in [0.1, 0.15) is 5.69 Å². The monoisotopic (exact) mass is 287 g/mol.